The van der Waals surface area contributed by atoms with Crippen molar-refractivity contribution >= 4 is 22.6 Å². The lowest BCUT2D eigenvalue weighted by molar-refractivity contribution is 0.0130. The van der Waals surface area contributed by atoms with Gasteiger partial charge in [0.05, 0.1) is 31.0 Å². The number of aliphatic hydroxyl groups is 1. The van der Waals surface area contributed by atoms with Crippen LogP contribution in [0, 0.1) is 17.6 Å². The van der Waals surface area contributed by atoms with Crippen molar-refractivity contribution in [1.82, 2.24) is 14.4 Å². The normalized spacial score (nSPS) is 20.9. The largest absolute Gasteiger partial charge is 0.497 e. The lowest BCUT2D eigenvalue weighted by atomic mass is 9.68. The number of carbonyl (C=O) groups is 1. The number of likely N-dealkylation sites (tertiary alicyclic amines) is 1. The molecule has 1 aromatic heterocycles. The molecule has 2 aromatic carbocycles. The summed E-state index contributed by atoms with van der Waals surface area (Å²) in [5.41, 5.74) is 2.94. The Morgan fingerprint density at radius 2 is 1.94 bits per heavy atom. The number of aliphatic hydroxyl groups excluding tert-OH is 1. The van der Waals surface area contributed by atoms with Crippen molar-refractivity contribution in [3.05, 3.63) is 59.3 Å². The number of hydrogen-bond donors (Lipinski definition) is 2. The van der Waals surface area contributed by atoms with Crippen LogP contribution in [-0.4, -0.2) is 65.4 Å². The lowest BCUT2D eigenvalue weighted by Gasteiger charge is -2.56. The number of nitrogens with one attached hydrogen (secondary N) is 1. The number of urea groups is 1. The number of methoxy groups -OCH3 is 1. The summed E-state index contributed by atoms with van der Waals surface area (Å²) < 4.78 is 35.0. The SMILES string of the molecule is COc1ccc2c3c(n(C)c2c1)[C@H](CO)N(CC1CC1)CC31CN(C(=O)Nc2ccc(F)cc2F)C1. The summed E-state index contributed by atoms with van der Waals surface area (Å²) >= 11 is 0. The van der Waals surface area contributed by atoms with E-state index in [-0.39, 0.29) is 23.8 Å². The predicted octanol–water partition coefficient (Wildman–Crippen LogP) is 4.01. The molecule has 7 nitrogen and oxygen atoms in total. The van der Waals surface area contributed by atoms with Crippen LogP contribution in [0.1, 0.15) is 30.1 Å². The maximum Gasteiger partial charge on any atom is 0.321 e. The van der Waals surface area contributed by atoms with Gasteiger partial charge in [0.25, 0.3) is 0 Å². The zero-order valence-electron chi connectivity index (χ0n) is 20.4. The molecular weight excluding hydrogens is 466 g/mol. The number of anilines is 1. The minimum absolute atomic E-state index is 0.0190. The second-order valence-corrected chi connectivity index (χ2v) is 10.5. The first-order valence-electron chi connectivity index (χ1n) is 12.4. The number of fused-ring (bicyclic) bond motifs is 4. The molecule has 1 aliphatic carbocycles. The quantitative estimate of drug-likeness (QED) is 0.560. The zero-order chi connectivity index (χ0) is 25.2. The molecule has 9 heteroatoms. The van der Waals surface area contributed by atoms with Crippen molar-refractivity contribution in [2.45, 2.75) is 24.3 Å². The average molecular weight is 497 g/mol. The van der Waals surface area contributed by atoms with E-state index in [1.54, 1.807) is 12.0 Å². The molecule has 0 radical (unpaired) electrons. The smallest absolute Gasteiger partial charge is 0.321 e. The van der Waals surface area contributed by atoms with E-state index in [0.29, 0.717) is 19.0 Å². The Hall–Kier alpha value is -3.17. The summed E-state index contributed by atoms with van der Waals surface area (Å²) in [4.78, 5) is 17.0. The Labute approximate surface area is 208 Å². The van der Waals surface area contributed by atoms with E-state index in [0.717, 1.165) is 47.6 Å². The minimum Gasteiger partial charge on any atom is -0.497 e. The first kappa shape index (κ1) is 23.2. The molecule has 6 rings (SSSR count). The maximum absolute atomic E-state index is 14.1. The van der Waals surface area contributed by atoms with Gasteiger partial charge in [-0.2, -0.15) is 0 Å². The molecule has 2 fully saturated rings. The second-order valence-electron chi connectivity index (χ2n) is 10.5. The van der Waals surface area contributed by atoms with Crippen LogP contribution in [0.4, 0.5) is 19.3 Å². The molecule has 0 bridgehead atoms. The van der Waals surface area contributed by atoms with Gasteiger partial charge < -0.3 is 24.6 Å². The van der Waals surface area contributed by atoms with Gasteiger partial charge in [-0.05, 0) is 48.6 Å². The van der Waals surface area contributed by atoms with E-state index in [4.69, 9.17) is 4.74 Å². The molecule has 2 amide bonds. The van der Waals surface area contributed by atoms with Gasteiger partial charge in [-0.1, -0.05) is 0 Å². The fraction of sp³-hybridized carbons (Fsp3) is 0.444. The predicted molar refractivity (Wildman–Crippen MR) is 132 cm³/mol. The summed E-state index contributed by atoms with van der Waals surface area (Å²) in [5, 5.41) is 14.2. The number of amides is 2. The van der Waals surface area contributed by atoms with E-state index < -0.39 is 17.7 Å². The molecule has 2 aliphatic heterocycles. The molecule has 1 saturated heterocycles. The number of carbonyl (C=O) groups excluding carboxylic acids is 1. The summed E-state index contributed by atoms with van der Waals surface area (Å²) in [5.74, 6) is -0.0815. The molecule has 3 aliphatic rings. The zero-order valence-corrected chi connectivity index (χ0v) is 20.4. The third-order valence-electron chi connectivity index (χ3n) is 8.06. The van der Waals surface area contributed by atoms with Gasteiger partial charge in [-0.25, -0.2) is 13.6 Å². The number of benzene rings is 2. The summed E-state index contributed by atoms with van der Waals surface area (Å²) in [6.45, 7) is 2.62. The van der Waals surface area contributed by atoms with Crippen molar-refractivity contribution in [1.29, 1.82) is 0 Å². The molecule has 36 heavy (non-hydrogen) atoms. The van der Waals surface area contributed by atoms with Gasteiger partial charge in [0.15, 0.2) is 0 Å². The highest BCUT2D eigenvalue weighted by Gasteiger charge is 2.55. The monoisotopic (exact) mass is 496 g/mol. The molecule has 1 spiro atoms. The van der Waals surface area contributed by atoms with Gasteiger partial charge in [0, 0.05) is 61.9 Å². The average Bonchev–Trinajstić information content (AvgIpc) is 3.61. The maximum atomic E-state index is 14.1. The number of aromatic nitrogens is 1. The van der Waals surface area contributed by atoms with E-state index in [2.05, 4.69) is 20.9 Å². The molecule has 2 N–H and O–H groups in total. The molecule has 1 atom stereocenters. The van der Waals surface area contributed by atoms with E-state index in [9.17, 15) is 18.7 Å². The number of aryl methyl sites for hydroxylation is 1. The molecule has 3 heterocycles. The van der Waals surface area contributed by atoms with Crippen LogP contribution >= 0.6 is 0 Å². The van der Waals surface area contributed by atoms with Crippen molar-refractivity contribution in [3.8, 4) is 5.75 Å². The Bertz CT molecular complexity index is 1350. The van der Waals surface area contributed by atoms with Crippen LogP contribution in [0.3, 0.4) is 0 Å². The number of nitrogens with zero attached hydrogens (tertiary/aromatic N) is 3. The van der Waals surface area contributed by atoms with E-state index >= 15 is 0 Å². The van der Waals surface area contributed by atoms with Crippen molar-refractivity contribution < 1.29 is 23.4 Å². The number of ether oxygens (including phenoxy) is 1. The van der Waals surface area contributed by atoms with Crippen LogP contribution in [0.25, 0.3) is 10.9 Å². The van der Waals surface area contributed by atoms with E-state index in [1.807, 2.05) is 19.2 Å². The van der Waals surface area contributed by atoms with Crippen LogP contribution in [0.5, 0.6) is 5.75 Å². The van der Waals surface area contributed by atoms with Crippen molar-refractivity contribution in [2.75, 3.05) is 45.2 Å². The van der Waals surface area contributed by atoms with Gasteiger partial charge in [0.1, 0.15) is 17.4 Å². The highest BCUT2D eigenvalue weighted by Crippen LogP contribution is 2.50. The summed E-state index contributed by atoms with van der Waals surface area (Å²) in [7, 11) is 3.67. The van der Waals surface area contributed by atoms with E-state index in [1.165, 1.54) is 24.5 Å². The Balaban J connectivity index is 1.36. The standard InChI is InChI=1S/C27H30F2N4O3/c1-31-22-10-18(36-2)6-7-19(22)24-25(31)23(12-34)32(11-16-3-4-16)13-27(24)14-33(15-27)26(35)30-21-8-5-17(28)9-20(21)29/h5-10,16,23,34H,3-4,11-15H2,1-2H3,(H,30,35)/t23-/m0/s1. The topological polar surface area (TPSA) is 70.0 Å². The van der Waals surface area contributed by atoms with Gasteiger partial charge >= 0.3 is 6.03 Å². The molecule has 1 saturated carbocycles. The Morgan fingerprint density at radius 1 is 1.17 bits per heavy atom. The summed E-state index contributed by atoms with van der Waals surface area (Å²) in [6, 6.07) is 8.62. The first-order valence-corrected chi connectivity index (χ1v) is 12.4. The second kappa shape index (κ2) is 8.45. The summed E-state index contributed by atoms with van der Waals surface area (Å²) in [6.07, 6.45) is 2.41. The molecular formula is C27H30F2N4O3. The lowest BCUT2D eigenvalue weighted by Crippen LogP contribution is -2.68. The fourth-order valence-electron chi connectivity index (χ4n) is 6.16. The van der Waals surface area contributed by atoms with Gasteiger partial charge in [-0.3, -0.25) is 4.90 Å². The van der Waals surface area contributed by atoms with Crippen LogP contribution < -0.4 is 10.1 Å². The van der Waals surface area contributed by atoms with Crippen molar-refractivity contribution in [3.63, 3.8) is 0 Å². The molecule has 0 unspecified atom stereocenters. The molecule has 3 aromatic rings. The highest BCUT2D eigenvalue weighted by molar-refractivity contribution is 5.92. The third kappa shape index (κ3) is 3.64. The Morgan fingerprint density at radius 3 is 2.61 bits per heavy atom. The Kier molecular flexibility index (Phi) is 5.46. The van der Waals surface area contributed by atoms with Crippen LogP contribution in [0.15, 0.2) is 36.4 Å². The van der Waals surface area contributed by atoms with Crippen LogP contribution in [-0.2, 0) is 12.5 Å². The number of hydrogen-bond acceptors (Lipinski definition) is 4. The van der Waals surface area contributed by atoms with Gasteiger partial charge in [0.2, 0.25) is 0 Å². The fourth-order valence-corrected chi connectivity index (χ4v) is 6.16. The number of rotatable bonds is 5. The third-order valence-corrected chi connectivity index (χ3v) is 8.06. The number of halogens is 2. The highest BCUT2D eigenvalue weighted by atomic mass is 19.1. The van der Waals surface area contributed by atoms with Crippen molar-refractivity contribution in [2.24, 2.45) is 13.0 Å². The first-order chi connectivity index (χ1) is 17.3. The van der Waals surface area contributed by atoms with Gasteiger partial charge in [-0.15, -0.1) is 0 Å². The minimum atomic E-state index is -0.803. The van der Waals surface area contributed by atoms with Crippen LogP contribution in [0.2, 0.25) is 0 Å². The molecule has 190 valence electrons.